The zero-order valence-corrected chi connectivity index (χ0v) is 16.4. The monoisotopic (exact) mass is 411 g/mol. The lowest BCUT2D eigenvalue weighted by Crippen LogP contribution is -2.26. The van der Waals surface area contributed by atoms with Crippen molar-refractivity contribution in [2.24, 2.45) is 0 Å². The Morgan fingerprint density at radius 3 is 2.69 bits per heavy atom. The summed E-state index contributed by atoms with van der Waals surface area (Å²) in [6.45, 7) is 2.21. The van der Waals surface area contributed by atoms with E-state index in [-0.39, 0.29) is 17.6 Å². The molecule has 0 saturated heterocycles. The molecule has 4 rings (SSSR count). The number of nitrogens with zero attached hydrogens (tertiary/aromatic N) is 1. The zero-order valence-electron chi connectivity index (χ0n) is 15.6. The van der Waals surface area contributed by atoms with Crippen molar-refractivity contribution in [3.05, 3.63) is 82.9 Å². The van der Waals surface area contributed by atoms with Gasteiger partial charge in [0.25, 0.3) is 11.8 Å². The summed E-state index contributed by atoms with van der Waals surface area (Å²) in [5.74, 6) is -0.988. The highest BCUT2D eigenvalue weighted by Gasteiger charge is 2.25. The fourth-order valence-electron chi connectivity index (χ4n) is 3.16. The average Bonchev–Trinajstić information content (AvgIpc) is 3.07. The van der Waals surface area contributed by atoms with Gasteiger partial charge in [0.15, 0.2) is 11.0 Å². The number of carbonyl (C=O) groups excluding carboxylic acids is 2. The van der Waals surface area contributed by atoms with Crippen LogP contribution in [0.25, 0.3) is 0 Å². The molecule has 148 valence electrons. The molecule has 29 heavy (non-hydrogen) atoms. The number of fused-ring (bicyclic) bond motifs is 2. The summed E-state index contributed by atoms with van der Waals surface area (Å²) in [5, 5.41) is 5.54. The molecule has 8 heteroatoms. The smallest absolute Gasteiger partial charge is 0.273 e. The number of anilines is 1. The normalized spacial score (nSPS) is 15.1. The van der Waals surface area contributed by atoms with E-state index in [1.54, 1.807) is 36.5 Å². The summed E-state index contributed by atoms with van der Waals surface area (Å²) in [6, 6.07) is 12.5. The minimum absolute atomic E-state index is 0.302. The first kappa shape index (κ1) is 19.1. The summed E-state index contributed by atoms with van der Waals surface area (Å²) in [5.41, 5.74) is 2.75. The predicted molar refractivity (Wildman–Crippen MR) is 108 cm³/mol. The third-order valence-electron chi connectivity index (χ3n) is 4.62. The van der Waals surface area contributed by atoms with Crippen molar-refractivity contribution in [1.29, 1.82) is 0 Å². The highest BCUT2D eigenvalue weighted by molar-refractivity contribution is 7.83. The lowest BCUT2D eigenvalue weighted by molar-refractivity contribution is 0.0952. The van der Waals surface area contributed by atoms with Crippen molar-refractivity contribution in [2.45, 2.75) is 18.2 Å². The van der Waals surface area contributed by atoms with E-state index >= 15 is 0 Å². The van der Waals surface area contributed by atoms with Crippen LogP contribution in [-0.4, -0.2) is 26.5 Å². The Morgan fingerprint density at radius 1 is 1.17 bits per heavy atom. The molecular weight excluding hydrogens is 393 g/mol. The number of amides is 2. The lowest BCUT2D eigenvalue weighted by Gasteiger charge is -2.10. The van der Waals surface area contributed by atoms with Gasteiger partial charge in [-0.2, -0.15) is 0 Å². The van der Waals surface area contributed by atoms with Crippen LogP contribution in [0.5, 0.6) is 0 Å². The van der Waals surface area contributed by atoms with Crippen LogP contribution in [0, 0.1) is 12.7 Å². The Kier molecular flexibility index (Phi) is 5.02. The minimum atomic E-state index is -1.59. The van der Waals surface area contributed by atoms with Crippen LogP contribution < -0.4 is 10.6 Å². The minimum Gasteiger partial charge on any atom is -0.352 e. The maximum atomic E-state index is 12.9. The van der Waals surface area contributed by atoms with Crippen LogP contribution in [0.15, 0.2) is 59.6 Å². The third kappa shape index (κ3) is 3.84. The van der Waals surface area contributed by atoms with E-state index in [1.165, 1.54) is 22.2 Å². The summed E-state index contributed by atoms with van der Waals surface area (Å²) < 4.78 is 27.2. The van der Waals surface area contributed by atoms with Crippen LogP contribution in [-0.2, 0) is 17.4 Å². The molecule has 0 bridgehead atoms. The van der Waals surface area contributed by atoms with E-state index in [4.69, 9.17) is 0 Å². The van der Waals surface area contributed by atoms with E-state index in [0.29, 0.717) is 34.8 Å². The average molecular weight is 411 g/mol. The Balaban J connectivity index is 1.49. The number of halogens is 1. The Labute approximate surface area is 169 Å². The van der Waals surface area contributed by atoms with Crippen molar-refractivity contribution in [3.63, 3.8) is 0 Å². The Bertz CT molecular complexity index is 1140. The molecule has 1 aromatic heterocycles. The molecule has 6 nitrogen and oxygen atoms in total. The molecule has 1 aliphatic rings. The van der Waals surface area contributed by atoms with Crippen molar-refractivity contribution >= 4 is 28.5 Å². The van der Waals surface area contributed by atoms with Gasteiger partial charge < -0.3 is 10.6 Å². The molecular formula is C21H18FN3O3S. The molecule has 0 aliphatic carbocycles. The largest absolute Gasteiger partial charge is 0.352 e. The number of hydrogen-bond acceptors (Lipinski definition) is 3. The quantitative estimate of drug-likeness (QED) is 0.693. The van der Waals surface area contributed by atoms with Crippen molar-refractivity contribution in [2.75, 3.05) is 11.9 Å². The highest BCUT2D eigenvalue weighted by Crippen LogP contribution is 2.28. The summed E-state index contributed by atoms with van der Waals surface area (Å²) >= 11 is 0. The number of carbonyl (C=O) groups is 2. The third-order valence-corrected chi connectivity index (χ3v) is 6.02. The van der Waals surface area contributed by atoms with Gasteiger partial charge >= 0.3 is 0 Å². The first-order chi connectivity index (χ1) is 13.9. The molecule has 3 aromatic rings. The molecule has 2 N–H and O–H groups in total. The second kappa shape index (κ2) is 7.63. The van der Waals surface area contributed by atoms with E-state index in [1.807, 2.05) is 6.92 Å². The SMILES string of the molecule is Cc1cc2n(c1)S(=O)c1ccc(C(=O)NCCc3ccc(F)cc3)cc1NC2=O. The first-order valence-electron chi connectivity index (χ1n) is 9.01. The van der Waals surface area contributed by atoms with E-state index < -0.39 is 11.0 Å². The zero-order chi connectivity index (χ0) is 20.5. The topological polar surface area (TPSA) is 80.2 Å². The number of nitrogens with one attached hydrogen (secondary N) is 2. The summed E-state index contributed by atoms with van der Waals surface area (Å²) in [7, 11) is -1.59. The van der Waals surface area contributed by atoms with Gasteiger partial charge in [0.1, 0.15) is 11.5 Å². The fourth-order valence-corrected chi connectivity index (χ4v) is 4.43. The number of aryl methyl sites for hydroxylation is 1. The second-order valence-electron chi connectivity index (χ2n) is 6.78. The predicted octanol–water partition coefficient (Wildman–Crippen LogP) is 3.04. The summed E-state index contributed by atoms with van der Waals surface area (Å²) in [4.78, 5) is 25.4. The molecule has 0 radical (unpaired) electrons. The van der Waals surface area contributed by atoms with Gasteiger partial charge in [0.2, 0.25) is 0 Å². The van der Waals surface area contributed by atoms with E-state index in [2.05, 4.69) is 10.6 Å². The number of benzene rings is 2. The van der Waals surface area contributed by atoms with E-state index in [9.17, 15) is 18.2 Å². The number of hydrogen-bond donors (Lipinski definition) is 2. The second-order valence-corrected chi connectivity index (χ2v) is 8.11. The van der Waals surface area contributed by atoms with Crippen LogP contribution in [0.4, 0.5) is 10.1 Å². The van der Waals surface area contributed by atoms with Crippen LogP contribution in [0.3, 0.4) is 0 Å². The van der Waals surface area contributed by atoms with Crippen molar-refractivity contribution < 1.29 is 18.2 Å². The molecule has 0 fully saturated rings. The van der Waals surface area contributed by atoms with Gasteiger partial charge in [-0.3, -0.25) is 13.6 Å². The maximum absolute atomic E-state index is 12.9. The van der Waals surface area contributed by atoms with Gasteiger partial charge in [-0.05, 0) is 60.9 Å². The van der Waals surface area contributed by atoms with Crippen LogP contribution in [0.1, 0.15) is 32.0 Å². The Morgan fingerprint density at radius 2 is 1.93 bits per heavy atom. The molecule has 0 saturated carbocycles. The van der Waals surface area contributed by atoms with Gasteiger partial charge in [0, 0.05) is 18.3 Å². The molecule has 0 spiro atoms. The van der Waals surface area contributed by atoms with Crippen LogP contribution in [0.2, 0.25) is 0 Å². The van der Waals surface area contributed by atoms with Gasteiger partial charge in [-0.15, -0.1) is 0 Å². The fraction of sp³-hybridized carbons (Fsp3) is 0.143. The molecule has 1 aliphatic heterocycles. The lowest BCUT2D eigenvalue weighted by atomic mass is 10.1. The molecule has 2 amide bonds. The maximum Gasteiger partial charge on any atom is 0.273 e. The number of rotatable bonds is 4. The van der Waals surface area contributed by atoms with Crippen molar-refractivity contribution in [3.8, 4) is 0 Å². The van der Waals surface area contributed by atoms with E-state index in [0.717, 1.165) is 11.1 Å². The first-order valence-corrected chi connectivity index (χ1v) is 10.1. The van der Waals surface area contributed by atoms with Crippen molar-refractivity contribution in [1.82, 2.24) is 9.29 Å². The number of aromatic nitrogens is 1. The van der Waals surface area contributed by atoms with Crippen LogP contribution >= 0.6 is 0 Å². The molecule has 2 aromatic carbocycles. The summed E-state index contributed by atoms with van der Waals surface area (Å²) in [6.07, 6.45) is 2.22. The van der Waals surface area contributed by atoms with Gasteiger partial charge in [-0.25, -0.2) is 8.60 Å². The molecule has 1 atom stereocenters. The standard InChI is InChI=1S/C21H18FN3O3S/c1-13-10-18-21(27)24-17-11-15(4-7-19(17)29(28)25(18)12-13)20(26)23-9-8-14-2-5-16(22)6-3-14/h2-7,10-12H,8-9H2,1H3,(H,23,26)(H,24,27). The van der Waals surface area contributed by atoms with Gasteiger partial charge in [-0.1, -0.05) is 12.1 Å². The molecule has 2 heterocycles. The van der Waals surface area contributed by atoms with Gasteiger partial charge in [0.05, 0.1) is 10.6 Å². The Hall–Kier alpha value is -3.26. The molecule has 1 unspecified atom stereocenters. The highest BCUT2D eigenvalue weighted by atomic mass is 32.2.